The normalized spacial score (nSPS) is 14.6. The van der Waals surface area contributed by atoms with Gasteiger partial charge in [-0.3, -0.25) is 9.69 Å². The number of nitrogens with zero attached hydrogens (tertiary/aromatic N) is 2. The molecule has 0 aliphatic carbocycles. The molecule has 2 aromatic carbocycles. The van der Waals surface area contributed by atoms with Gasteiger partial charge in [-0.15, -0.1) is 0 Å². The molecule has 1 aliphatic rings. The van der Waals surface area contributed by atoms with Crippen molar-refractivity contribution < 1.29 is 14.3 Å². The smallest absolute Gasteiger partial charge is 0.225 e. The Kier molecular flexibility index (Phi) is 7.14. The van der Waals surface area contributed by atoms with Gasteiger partial charge >= 0.3 is 0 Å². The van der Waals surface area contributed by atoms with E-state index >= 15 is 0 Å². The van der Waals surface area contributed by atoms with Gasteiger partial charge in [0.25, 0.3) is 0 Å². The van der Waals surface area contributed by atoms with Crippen LogP contribution in [-0.2, 0) is 4.79 Å². The molecule has 0 bridgehead atoms. The number of nitrogens with one attached hydrogen (secondary N) is 1. The van der Waals surface area contributed by atoms with Crippen LogP contribution in [0.5, 0.6) is 11.5 Å². The van der Waals surface area contributed by atoms with E-state index < -0.39 is 0 Å². The monoisotopic (exact) mass is 383 g/mol. The molecule has 6 nitrogen and oxygen atoms in total. The fraction of sp³-hybridized carbons (Fsp3) is 0.409. The molecule has 0 radical (unpaired) electrons. The second-order valence-corrected chi connectivity index (χ2v) is 6.75. The molecule has 1 heterocycles. The van der Waals surface area contributed by atoms with Crippen molar-refractivity contribution >= 4 is 17.3 Å². The van der Waals surface area contributed by atoms with Crippen LogP contribution in [0.4, 0.5) is 11.4 Å². The maximum Gasteiger partial charge on any atom is 0.225 e. The predicted molar refractivity (Wildman–Crippen MR) is 113 cm³/mol. The highest BCUT2D eigenvalue weighted by Crippen LogP contribution is 2.24. The number of ether oxygens (including phenoxy) is 2. The zero-order valence-corrected chi connectivity index (χ0v) is 16.7. The number of hydrogen-bond acceptors (Lipinski definition) is 5. The van der Waals surface area contributed by atoms with Crippen molar-refractivity contribution in [1.29, 1.82) is 0 Å². The molecule has 28 heavy (non-hydrogen) atoms. The van der Waals surface area contributed by atoms with Gasteiger partial charge in [0.05, 0.1) is 19.4 Å². The second-order valence-electron chi connectivity index (χ2n) is 6.75. The average Bonchev–Trinajstić information content (AvgIpc) is 2.74. The van der Waals surface area contributed by atoms with Gasteiger partial charge in [0.2, 0.25) is 5.91 Å². The summed E-state index contributed by atoms with van der Waals surface area (Å²) < 4.78 is 10.8. The minimum Gasteiger partial charge on any atom is -0.497 e. The van der Waals surface area contributed by atoms with Gasteiger partial charge in [-0.05, 0) is 43.3 Å². The fourth-order valence-electron chi connectivity index (χ4n) is 3.35. The van der Waals surface area contributed by atoms with Crippen molar-refractivity contribution in [3.63, 3.8) is 0 Å². The number of rotatable bonds is 8. The molecule has 150 valence electrons. The van der Waals surface area contributed by atoms with E-state index in [1.807, 2.05) is 43.3 Å². The topological polar surface area (TPSA) is 54.0 Å². The van der Waals surface area contributed by atoms with E-state index in [1.165, 1.54) is 5.69 Å². The quantitative estimate of drug-likeness (QED) is 0.758. The predicted octanol–water partition coefficient (Wildman–Crippen LogP) is 3.24. The summed E-state index contributed by atoms with van der Waals surface area (Å²) in [7, 11) is 1.68. The van der Waals surface area contributed by atoms with E-state index in [9.17, 15) is 4.79 Å². The SMILES string of the molecule is CCOc1ccccc1NC(=O)CCN1CCN(c2ccc(OC)cc2)CC1. The Morgan fingerprint density at radius 3 is 2.43 bits per heavy atom. The number of carbonyl (C=O) groups excluding carboxylic acids is 1. The van der Waals surface area contributed by atoms with Gasteiger partial charge in [0.1, 0.15) is 11.5 Å². The Balaban J connectivity index is 1.43. The Hall–Kier alpha value is -2.73. The first-order valence-electron chi connectivity index (χ1n) is 9.82. The van der Waals surface area contributed by atoms with Gasteiger partial charge in [0, 0.05) is 44.8 Å². The largest absolute Gasteiger partial charge is 0.497 e. The summed E-state index contributed by atoms with van der Waals surface area (Å²) in [6.07, 6.45) is 0.475. The van der Waals surface area contributed by atoms with Crippen molar-refractivity contribution in [3.8, 4) is 11.5 Å². The molecule has 0 spiro atoms. The van der Waals surface area contributed by atoms with Crippen LogP contribution in [0.15, 0.2) is 48.5 Å². The summed E-state index contributed by atoms with van der Waals surface area (Å²) in [6.45, 7) is 7.10. The molecule has 1 N–H and O–H groups in total. The van der Waals surface area contributed by atoms with Gasteiger partial charge in [-0.25, -0.2) is 0 Å². The number of benzene rings is 2. The second kappa shape index (κ2) is 9.99. The van der Waals surface area contributed by atoms with Gasteiger partial charge in [-0.1, -0.05) is 12.1 Å². The lowest BCUT2D eigenvalue weighted by atomic mass is 10.2. The molecular weight excluding hydrogens is 354 g/mol. The zero-order valence-electron chi connectivity index (χ0n) is 16.7. The highest BCUT2D eigenvalue weighted by molar-refractivity contribution is 5.92. The Morgan fingerprint density at radius 1 is 1.04 bits per heavy atom. The number of piperazine rings is 1. The molecular formula is C22H29N3O3. The summed E-state index contributed by atoms with van der Waals surface area (Å²) in [4.78, 5) is 17.1. The van der Waals surface area contributed by atoms with Crippen molar-refractivity contribution in [3.05, 3.63) is 48.5 Å². The summed E-state index contributed by atoms with van der Waals surface area (Å²) in [5.74, 6) is 1.61. The minimum atomic E-state index is 0.0183. The van der Waals surface area contributed by atoms with Gasteiger partial charge in [0.15, 0.2) is 0 Å². The molecule has 1 amide bonds. The molecule has 3 rings (SSSR count). The van der Waals surface area contributed by atoms with Crippen LogP contribution < -0.4 is 19.7 Å². The molecule has 0 saturated carbocycles. The third-order valence-electron chi connectivity index (χ3n) is 4.93. The van der Waals surface area contributed by atoms with E-state index in [0.29, 0.717) is 18.8 Å². The van der Waals surface area contributed by atoms with Crippen molar-refractivity contribution in [2.45, 2.75) is 13.3 Å². The first-order valence-corrected chi connectivity index (χ1v) is 9.82. The van der Waals surface area contributed by atoms with Crippen LogP contribution in [0.1, 0.15) is 13.3 Å². The van der Waals surface area contributed by atoms with Crippen LogP contribution >= 0.6 is 0 Å². The van der Waals surface area contributed by atoms with E-state index in [4.69, 9.17) is 9.47 Å². The lowest BCUT2D eigenvalue weighted by Crippen LogP contribution is -2.47. The Labute approximate surface area is 167 Å². The highest BCUT2D eigenvalue weighted by atomic mass is 16.5. The minimum absolute atomic E-state index is 0.0183. The number of anilines is 2. The Bertz CT molecular complexity index is 756. The third kappa shape index (κ3) is 5.39. The molecule has 1 fully saturated rings. The van der Waals surface area contributed by atoms with E-state index in [0.717, 1.165) is 44.2 Å². The van der Waals surface area contributed by atoms with E-state index in [2.05, 4.69) is 27.2 Å². The molecule has 6 heteroatoms. The maximum atomic E-state index is 12.3. The number of hydrogen-bond donors (Lipinski definition) is 1. The van der Waals surface area contributed by atoms with Crippen LogP contribution in [0.25, 0.3) is 0 Å². The van der Waals surface area contributed by atoms with Gasteiger partial charge in [-0.2, -0.15) is 0 Å². The highest BCUT2D eigenvalue weighted by Gasteiger charge is 2.18. The first-order chi connectivity index (χ1) is 13.7. The summed E-state index contributed by atoms with van der Waals surface area (Å²) in [6, 6.07) is 15.7. The molecule has 2 aromatic rings. The first kappa shape index (κ1) is 20.0. The standard InChI is InChI=1S/C22H29N3O3/c1-3-28-21-7-5-4-6-20(21)23-22(26)12-13-24-14-16-25(17-15-24)18-8-10-19(27-2)11-9-18/h4-11H,3,12-17H2,1-2H3,(H,23,26). The summed E-state index contributed by atoms with van der Waals surface area (Å²) >= 11 is 0. The zero-order chi connectivity index (χ0) is 19.8. The number of methoxy groups -OCH3 is 1. The van der Waals surface area contributed by atoms with E-state index in [1.54, 1.807) is 7.11 Å². The molecule has 1 aliphatic heterocycles. The van der Waals surface area contributed by atoms with Crippen LogP contribution in [0.2, 0.25) is 0 Å². The average molecular weight is 383 g/mol. The fourth-order valence-corrected chi connectivity index (χ4v) is 3.35. The van der Waals surface area contributed by atoms with Crippen molar-refractivity contribution in [1.82, 2.24) is 4.90 Å². The summed E-state index contributed by atoms with van der Waals surface area (Å²) in [5, 5.41) is 2.97. The molecule has 0 unspecified atom stereocenters. The molecule has 0 atom stereocenters. The number of para-hydroxylation sites is 2. The molecule has 0 aromatic heterocycles. The van der Waals surface area contributed by atoms with Crippen LogP contribution in [0.3, 0.4) is 0 Å². The lowest BCUT2D eigenvalue weighted by molar-refractivity contribution is -0.116. The van der Waals surface area contributed by atoms with Crippen molar-refractivity contribution in [2.24, 2.45) is 0 Å². The Morgan fingerprint density at radius 2 is 1.75 bits per heavy atom. The van der Waals surface area contributed by atoms with Gasteiger partial charge < -0.3 is 19.7 Å². The number of carbonyl (C=O) groups is 1. The number of amides is 1. The lowest BCUT2D eigenvalue weighted by Gasteiger charge is -2.36. The van der Waals surface area contributed by atoms with Crippen LogP contribution in [0, 0.1) is 0 Å². The van der Waals surface area contributed by atoms with Crippen molar-refractivity contribution in [2.75, 3.05) is 56.7 Å². The van der Waals surface area contributed by atoms with E-state index in [-0.39, 0.29) is 5.91 Å². The molecule has 1 saturated heterocycles. The van der Waals surface area contributed by atoms with Crippen LogP contribution in [-0.4, -0.2) is 57.2 Å². The maximum absolute atomic E-state index is 12.3. The summed E-state index contributed by atoms with van der Waals surface area (Å²) in [5.41, 5.74) is 1.95. The third-order valence-corrected chi connectivity index (χ3v) is 4.93.